The van der Waals surface area contributed by atoms with Gasteiger partial charge in [-0.15, -0.1) is 0 Å². The first-order valence-electron chi connectivity index (χ1n) is 21.1. The smallest absolute Gasteiger partial charge is 0.301 e. The number of alkyl halides is 2. The van der Waals surface area contributed by atoms with Crippen LogP contribution in [0.25, 0.3) is 21.8 Å². The highest BCUT2D eigenvalue weighted by molar-refractivity contribution is 6.33. The van der Waals surface area contributed by atoms with Crippen LogP contribution in [-0.2, 0) is 23.7 Å². The lowest BCUT2D eigenvalue weighted by atomic mass is 10.0. The number of carbonyl (C=O) groups excluding carboxylic acids is 2. The molecule has 3 saturated heterocycles. The zero-order chi connectivity index (χ0) is 42.3. The van der Waals surface area contributed by atoms with Gasteiger partial charge in [-0.05, 0) is 80.8 Å². The lowest BCUT2D eigenvalue weighted by Crippen LogP contribution is -2.53. The first-order valence-corrected chi connectivity index (χ1v) is 21.5. The Labute approximate surface area is 355 Å². The molecule has 10 rings (SSSR count). The lowest BCUT2D eigenvalue weighted by molar-refractivity contribution is -0.129. The van der Waals surface area contributed by atoms with E-state index in [-0.39, 0.29) is 29.2 Å². The molecular weight excluding hydrogens is 808 g/mol. The highest BCUT2D eigenvalue weighted by Crippen LogP contribution is 2.46. The largest absolute Gasteiger partial charge is 0.480 e. The second-order valence-electron chi connectivity index (χ2n) is 17.3. The zero-order valence-electron chi connectivity index (χ0n) is 34.3. The Bertz CT molecular complexity index is 2630. The third-order valence-corrected chi connectivity index (χ3v) is 13.4. The number of hydrogen-bond donors (Lipinski definition) is 2. The number of piperidine rings is 1. The van der Waals surface area contributed by atoms with Crippen molar-refractivity contribution >= 4 is 79.9 Å². The number of pyridine rings is 1. The molecule has 2 amide bonds. The van der Waals surface area contributed by atoms with Gasteiger partial charge in [-0.1, -0.05) is 11.6 Å². The molecule has 61 heavy (non-hydrogen) atoms. The number of hydrogen-bond acceptors (Lipinski definition) is 12. The average Bonchev–Trinajstić information content (AvgIpc) is 3.91. The van der Waals surface area contributed by atoms with Crippen LogP contribution >= 0.6 is 11.6 Å². The van der Waals surface area contributed by atoms with Gasteiger partial charge in [0.1, 0.15) is 5.02 Å². The van der Waals surface area contributed by atoms with E-state index in [0.29, 0.717) is 83.3 Å². The Morgan fingerprint density at radius 2 is 1.75 bits per heavy atom. The summed E-state index contributed by atoms with van der Waals surface area (Å²) in [4.78, 5) is 56.4. The number of ether oxygens (including phenoxy) is 1. The molecule has 0 unspecified atom stereocenters. The van der Waals surface area contributed by atoms with Crippen LogP contribution in [0.2, 0.25) is 5.02 Å². The number of aromatic nitrogens is 5. The minimum atomic E-state index is -3.13. The van der Waals surface area contributed by atoms with Crippen LogP contribution in [0, 0.1) is 11.8 Å². The molecule has 0 radical (unpaired) electrons. The summed E-state index contributed by atoms with van der Waals surface area (Å²) >= 11 is 6.65. The van der Waals surface area contributed by atoms with E-state index in [9.17, 15) is 14.4 Å². The minimum absolute atomic E-state index is 0.109. The molecule has 4 aliphatic heterocycles. The molecule has 7 heterocycles. The van der Waals surface area contributed by atoms with Gasteiger partial charge in [0, 0.05) is 94.4 Å². The van der Waals surface area contributed by atoms with Crippen LogP contribution in [0.15, 0.2) is 47.4 Å². The normalized spacial score (nSPS) is 23.3. The third-order valence-electron chi connectivity index (χ3n) is 13.1. The Hall–Kier alpha value is -5.55. The molecule has 2 N–H and O–H groups in total. The molecule has 3 atom stereocenters. The van der Waals surface area contributed by atoms with Crippen molar-refractivity contribution in [1.82, 2.24) is 29.2 Å². The van der Waals surface area contributed by atoms with Crippen molar-refractivity contribution in [2.45, 2.75) is 63.5 Å². The molecule has 5 aliphatic rings. The van der Waals surface area contributed by atoms with Crippen molar-refractivity contribution in [2.24, 2.45) is 25.9 Å². The fraction of sp³-hybridized carbons (Fsp3) is 0.488. The predicted octanol–water partition coefficient (Wildman–Crippen LogP) is 5.91. The molecule has 3 aromatic heterocycles. The molecule has 4 fully saturated rings. The second-order valence-corrected chi connectivity index (χ2v) is 17.7. The van der Waals surface area contributed by atoms with E-state index in [1.165, 1.54) is 9.47 Å². The Morgan fingerprint density at radius 3 is 2.52 bits per heavy atom. The summed E-state index contributed by atoms with van der Waals surface area (Å²) in [5.74, 6) is -2.01. The van der Waals surface area contributed by atoms with Crippen molar-refractivity contribution in [2.75, 3.05) is 71.2 Å². The van der Waals surface area contributed by atoms with Gasteiger partial charge in [-0.3, -0.25) is 24.0 Å². The van der Waals surface area contributed by atoms with Crippen LogP contribution in [-0.4, -0.2) is 105 Å². The van der Waals surface area contributed by atoms with Gasteiger partial charge >= 0.3 is 5.92 Å². The number of carbonyl (C=O) groups is 2. The SMILES string of the molecule is C[C@H]1CN(c2ccc3c(N4C(=O)CCCC4=O)nn(C)c3c2)CCN1C[C@@H]1CCN(c2ncc(Cl)c(Nc3ccc4c(c3)c3c(c(=O)n4C)OCC(F)(F)[C@H](C4CC4)N3)n2)C1. The van der Waals surface area contributed by atoms with Crippen molar-refractivity contribution < 1.29 is 23.1 Å². The maximum Gasteiger partial charge on any atom is 0.301 e. The van der Waals surface area contributed by atoms with Crippen LogP contribution in [0.3, 0.4) is 0 Å². The maximum atomic E-state index is 15.2. The van der Waals surface area contributed by atoms with Crippen molar-refractivity contribution in [3.8, 4) is 5.75 Å². The number of aryl methyl sites for hydroxylation is 2. The number of nitrogens with zero attached hydrogens (tertiary/aromatic N) is 9. The number of nitrogens with one attached hydrogen (secondary N) is 2. The predicted molar refractivity (Wildman–Crippen MR) is 231 cm³/mol. The summed E-state index contributed by atoms with van der Waals surface area (Å²) in [5.41, 5.74) is 2.95. The molecule has 0 spiro atoms. The number of benzene rings is 2. The van der Waals surface area contributed by atoms with Gasteiger partial charge < -0.3 is 29.7 Å². The molecule has 1 saturated carbocycles. The number of fused-ring (bicyclic) bond motifs is 4. The van der Waals surface area contributed by atoms with E-state index in [1.54, 1.807) is 36.1 Å². The number of amides is 2. The topological polar surface area (TPSA) is 146 Å². The highest BCUT2D eigenvalue weighted by atomic mass is 35.5. The van der Waals surface area contributed by atoms with Crippen molar-refractivity contribution in [1.29, 1.82) is 0 Å². The molecule has 0 bridgehead atoms. The first-order chi connectivity index (χ1) is 29.3. The second kappa shape index (κ2) is 15.1. The van der Waals surface area contributed by atoms with Crippen LogP contribution in [0.4, 0.5) is 43.4 Å². The van der Waals surface area contributed by atoms with Crippen molar-refractivity contribution in [3.63, 3.8) is 0 Å². The summed E-state index contributed by atoms with van der Waals surface area (Å²) in [6, 6.07) is 10.7. The summed E-state index contributed by atoms with van der Waals surface area (Å²) < 4.78 is 39.0. The first kappa shape index (κ1) is 39.6. The van der Waals surface area contributed by atoms with Gasteiger partial charge in [0.05, 0.1) is 29.0 Å². The van der Waals surface area contributed by atoms with E-state index < -0.39 is 24.1 Å². The quantitative estimate of drug-likeness (QED) is 0.179. The van der Waals surface area contributed by atoms with Crippen LogP contribution in [0.5, 0.6) is 5.75 Å². The Morgan fingerprint density at radius 1 is 0.951 bits per heavy atom. The highest BCUT2D eigenvalue weighted by Gasteiger charge is 2.51. The van der Waals surface area contributed by atoms with Gasteiger partial charge in [-0.2, -0.15) is 10.1 Å². The molecular formula is C43H48ClF2N11O4. The summed E-state index contributed by atoms with van der Waals surface area (Å²) in [6.45, 7) is 6.57. The van der Waals surface area contributed by atoms with Gasteiger partial charge in [0.15, 0.2) is 18.2 Å². The Kier molecular flexibility index (Phi) is 9.81. The lowest BCUT2D eigenvalue weighted by Gasteiger charge is -2.42. The standard InChI is InChI=1S/C43H48ClF2N11O4/c1-24-20-55(28-10-11-29-33(18-28)53(3)51-40(29)57-34(58)5-4-6-35(57)59)16-15-54(24)21-25-13-14-56(22-25)42-47-19-31(44)39(50-42)48-27-9-12-32-30(17-27)36-37(41(60)52(32)2)61-23-43(45,46)38(49-36)26-7-8-26/h9-12,17-19,24-26,38,49H,4-8,13-16,20-23H2,1-3H3,(H,47,48,50)/t24-,25-,38-/m0/s1. The number of anilines is 6. The summed E-state index contributed by atoms with van der Waals surface area (Å²) in [7, 11) is 3.45. The fourth-order valence-electron chi connectivity index (χ4n) is 9.60. The molecule has 15 nitrogen and oxygen atoms in total. The van der Waals surface area contributed by atoms with E-state index >= 15 is 8.78 Å². The minimum Gasteiger partial charge on any atom is -0.480 e. The van der Waals surface area contributed by atoms with Crippen LogP contribution in [0.1, 0.15) is 45.4 Å². The Balaban J connectivity index is 0.801. The van der Waals surface area contributed by atoms with Gasteiger partial charge in [0.25, 0.3) is 5.56 Å². The number of rotatable bonds is 8. The maximum absolute atomic E-state index is 15.2. The third kappa shape index (κ3) is 7.18. The van der Waals surface area contributed by atoms with E-state index in [2.05, 4.69) is 54.5 Å². The molecule has 2 aromatic carbocycles. The number of imide groups is 1. The molecule has 5 aromatic rings. The van der Waals surface area contributed by atoms with Crippen molar-refractivity contribution in [3.05, 3.63) is 58.0 Å². The zero-order valence-corrected chi connectivity index (χ0v) is 35.1. The van der Waals surface area contributed by atoms with E-state index in [1.807, 2.05) is 13.1 Å². The molecule has 1 aliphatic carbocycles. The monoisotopic (exact) mass is 855 g/mol. The number of halogens is 3. The average molecular weight is 856 g/mol. The molecule has 18 heteroatoms. The molecule has 320 valence electrons. The van der Waals surface area contributed by atoms with Gasteiger partial charge in [-0.25, -0.2) is 18.7 Å². The van der Waals surface area contributed by atoms with E-state index in [0.717, 1.165) is 62.3 Å². The number of piperazine rings is 1. The summed E-state index contributed by atoms with van der Waals surface area (Å²) in [5, 5.41) is 12.6. The van der Waals surface area contributed by atoms with E-state index in [4.69, 9.17) is 21.3 Å². The van der Waals surface area contributed by atoms with Gasteiger partial charge in [0.2, 0.25) is 23.5 Å². The fourth-order valence-corrected chi connectivity index (χ4v) is 9.73. The summed E-state index contributed by atoms with van der Waals surface area (Å²) in [6.07, 6.45) is 5.26. The van der Waals surface area contributed by atoms with Crippen LogP contribution < -0.4 is 35.6 Å².